The summed E-state index contributed by atoms with van der Waals surface area (Å²) in [4.78, 5) is 21.9. The average molecular weight is 422 g/mol. The van der Waals surface area contributed by atoms with Crippen molar-refractivity contribution < 1.29 is 19.1 Å². The maximum atomic E-state index is 13.0. The van der Waals surface area contributed by atoms with E-state index in [0.717, 1.165) is 0 Å². The standard InChI is InChI=1S/C17H12Cl4O4/c1-2-8-5-6-16(20)14(23)12(18)13(19)15(24)17(16,21)11(8)10-4-3-9(7-22)25-10/h2-5,11,22H,1,6-7H2/t11-,16-,17+/m1/s1. The van der Waals surface area contributed by atoms with Crippen LogP contribution in [0.5, 0.6) is 0 Å². The molecule has 132 valence electrons. The Morgan fingerprint density at radius 3 is 2.44 bits per heavy atom. The normalized spacial score (nSPS) is 32.5. The molecule has 0 aliphatic heterocycles. The van der Waals surface area contributed by atoms with Crippen molar-refractivity contribution in [1.82, 2.24) is 0 Å². The van der Waals surface area contributed by atoms with Crippen molar-refractivity contribution in [3.05, 3.63) is 58.0 Å². The lowest BCUT2D eigenvalue weighted by molar-refractivity contribution is -0.127. The van der Waals surface area contributed by atoms with Crippen molar-refractivity contribution >= 4 is 58.0 Å². The largest absolute Gasteiger partial charge is 0.463 e. The molecule has 0 unspecified atom stereocenters. The van der Waals surface area contributed by atoms with Gasteiger partial charge in [0, 0.05) is 0 Å². The van der Waals surface area contributed by atoms with Gasteiger partial charge in [-0.1, -0.05) is 41.9 Å². The summed E-state index contributed by atoms with van der Waals surface area (Å²) in [5.41, 5.74) is 0.564. The first-order chi connectivity index (χ1) is 11.7. The lowest BCUT2D eigenvalue weighted by atomic mass is 9.64. The molecule has 0 spiro atoms. The van der Waals surface area contributed by atoms with Crippen molar-refractivity contribution in [2.75, 3.05) is 0 Å². The maximum absolute atomic E-state index is 13.0. The highest BCUT2D eigenvalue weighted by molar-refractivity contribution is 6.66. The maximum Gasteiger partial charge on any atom is 0.200 e. The van der Waals surface area contributed by atoms with Crippen LogP contribution in [0.1, 0.15) is 23.9 Å². The number of carbonyl (C=O) groups is 2. The minimum atomic E-state index is -1.94. The summed E-state index contributed by atoms with van der Waals surface area (Å²) in [5, 5.41) is 8.35. The number of hydrogen-bond donors (Lipinski definition) is 1. The van der Waals surface area contributed by atoms with Crippen LogP contribution in [0, 0.1) is 0 Å². The smallest absolute Gasteiger partial charge is 0.200 e. The van der Waals surface area contributed by atoms with Crippen molar-refractivity contribution in [3.8, 4) is 0 Å². The van der Waals surface area contributed by atoms with E-state index in [0.29, 0.717) is 5.57 Å². The summed E-state index contributed by atoms with van der Waals surface area (Å²) in [7, 11) is 0. The molecule has 0 bridgehead atoms. The second kappa shape index (κ2) is 6.29. The Hall–Kier alpha value is -1.04. The quantitative estimate of drug-likeness (QED) is 0.743. The van der Waals surface area contributed by atoms with E-state index in [2.05, 4.69) is 6.58 Å². The third kappa shape index (κ3) is 2.39. The number of halogens is 4. The number of fused-ring (bicyclic) bond motifs is 1. The average Bonchev–Trinajstić information content (AvgIpc) is 3.08. The lowest BCUT2D eigenvalue weighted by Gasteiger charge is -2.49. The highest BCUT2D eigenvalue weighted by atomic mass is 35.5. The zero-order chi connectivity index (χ0) is 18.6. The summed E-state index contributed by atoms with van der Waals surface area (Å²) in [6.07, 6.45) is 3.16. The molecule has 0 fully saturated rings. The fraction of sp³-hybridized carbons (Fsp3) is 0.294. The molecule has 3 atom stereocenters. The fourth-order valence-electron chi connectivity index (χ4n) is 3.28. The summed E-state index contributed by atoms with van der Waals surface area (Å²) in [5.74, 6) is -1.85. The Bertz CT molecular complexity index is 853. The van der Waals surface area contributed by atoms with Gasteiger partial charge in [0.05, 0.1) is 5.92 Å². The number of hydrogen-bond acceptors (Lipinski definition) is 4. The molecule has 25 heavy (non-hydrogen) atoms. The van der Waals surface area contributed by atoms with Crippen LogP contribution in [0.3, 0.4) is 0 Å². The Kier molecular flexibility index (Phi) is 4.71. The van der Waals surface area contributed by atoms with Crippen molar-refractivity contribution in [3.63, 3.8) is 0 Å². The minimum absolute atomic E-state index is 0.0194. The number of Topliss-reactive ketones (excluding diaryl/α,β-unsaturated/α-hetero) is 2. The fourth-order valence-corrected chi connectivity index (χ4v) is 4.72. The van der Waals surface area contributed by atoms with Gasteiger partial charge in [-0.05, 0) is 24.1 Å². The van der Waals surface area contributed by atoms with E-state index in [4.69, 9.17) is 50.8 Å². The number of aliphatic hydroxyl groups is 1. The molecule has 0 radical (unpaired) electrons. The van der Waals surface area contributed by atoms with Crippen molar-refractivity contribution in [2.24, 2.45) is 0 Å². The van der Waals surface area contributed by atoms with E-state index in [-0.39, 0.29) is 24.5 Å². The highest BCUT2D eigenvalue weighted by Gasteiger charge is 2.69. The first kappa shape index (κ1) is 18.7. The van der Waals surface area contributed by atoms with E-state index < -0.39 is 37.3 Å². The van der Waals surface area contributed by atoms with E-state index in [1.807, 2.05) is 0 Å². The number of aliphatic hydroxyl groups excluding tert-OH is 1. The van der Waals surface area contributed by atoms with Gasteiger partial charge in [0.25, 0.3) is 0 Å². The van der Waals surface area contributed by atoms with Crippen LogP contribution in [0.15, 0.2) is 50.9 Å². The molecule has 1 aromatic rings. The first-order valence-electron chi connectivity index (χ1n) is 7.27. The van der Waals surface area contributed by atoms with Gasteiger partial charge in [-0.15, -0.1) is 23.2 Å². The number of furan rings is 1. The third-order valence-corrected chi connectivity index (χ3v) is 6.82. The molecule has 4 nitrogen and oxygen atoms in total. The van der Waals surface area contributed by atoms with Gasteiger partial charge in [-0.25, -0.2) is 0 Å². The Labute approximate surface area is 163 Å². The molecule has 8 heteroatoms. The van der Waals surface area contributed by atoms with Crippen molar-refractivity contribution in [1.29, 1.82) is 0 Å². The number of alkyl halides is 2. The van der Waals surface area contributed by atoms with Gasteiger partial charge in [0.15, 0.2) is 11.6 Å². The van der Waals surface area contributed by atoms with Crippen LogP contribution in [0.2, 0.25) is 0 Å². The second-order valence-electron chi connectivity index (χ2n) is 5.81. The van der Waals surface area contributed by atoms with Gasteiger partial charge in [0.2, 0.25) is 0 Å². The Morgan fingerprint density at radius 1 is 1.24 bits per heavy atom. The van der Waals surface area contributed by atoms with Gasteiger partial charge in [-0.2, -0.15) is 0 Å². The monoisotopic (exact) mass is 420 g/mol. The van der Waals surface area contributed by atoms with Gasteiger partial charge >= 0.3 is 0 Å². The first-order valence-corrected chi connectivity index (χ1v) is 8.78. The molecule has 0 saturated heterocycles. The van der Waals surface area contributed by atoms with Crippen LogP contribution >= 0.6 is 46.4 Å². The predicted molar refractivity (Wildman–Crippen MR) is 96.2 cm³/mol. The molecule has 0 saturated carbocycles. The number of ketones is 2. The van der Waals surface area contributed by atoms with Crippen LogP contribution in [-0.2, 0) is 16.2 Å². The van der Waals surface area contributed by atoms with E-state index in [1.54, 1.807) is 18.2 Å². The summed E-state index contributed by atoms with van der Waals surface area (Å²) >= 11 is 25.2. The van der Waals surface area contributed by atoms with E-state index in [9.17, 15) is 14.7 Å². The Morgan fingerprint density at radius 2 is 1.88 bits per heavy atom. The molecule has 1 N–H and O–H groups in total. The molecular formula is C17H12Cl4O4. The zero-order valence-electron chi connectivity index (χ0n) is 12.7. The predicted octanol–water partition coefficient (Wildman–Crippen LogP) is 4.17. The zero-order valence-corrected chi connectivity index (χ0v) is 15.7. The lowest BCUT2D eigenvalue weighted by Crippen LogP contribution is -2.64. The molecule has 0 amide bonds. The number of allylic oxidation sites excluding steroid dienone is 5. The summed E-state index contributed by atoms with van der Waals surface area (Å²) in [6.45, 7) is 3.40. The van der Waals surface area contributed by atoms with Gasteiger partial charge in [-0.3, -0.25) is 9.59 Å². The summed E-state index contributed by atoms with van der Waals surface area (Å²) < 4.78 is 5.57. The highest BCUT2D eigenvalue weighted by Crippen LogP contribution is 2.59. The minimum Gasteiger partial charge on any atom is -0.463 e. The molecule has 2 aliphatic carbocycles. The van der Waals surface area contributed by atoms with Crippen molar-refractivity contribution in [2.45, 2.75) is 28.7 Å². The molecular weight excluding hydrogens is 410 g/mol. The Balaban J connectivity index is 2.30. The van der Waals surface area contributed by atoms with E-state index in [1.165, 1.54) is 6.08 Å². The van der Waals surface area contributed by atoms with Crippen LogP contribution in [0.4, 0.5) is 0 Å². The molecule has 0 aromatic carbocycles. The second-order valence-corrected chi connectivity index (χ2v) is 7.80. The van der Waals surface area contributed by atoms with Gasteiger partial charge < -0.3 is 9.52 Å². The van der Waals surface area contributed by atoms with Crippen LogP contribution < -0.4 is 0 Å². The number of rotatable bonds is 3. The molecule has 1 aromatic heterocycles. The van der Waals surface area contributed by atoms with E-state index >= 15 is 0 Å². The third-order valence-electron chi connectivity index (χ3n) is 4.57. The van der Waals surface area contributed by atoms with Crippen LogP contribution in [-0.4, -0.2) is 26.4 Å². The van der Waals surface area contributed by atoms with Crippen LogP contribution in [0.25, 0.3) is 0 Å². The molecule has 3 rings (SSSR count). The SMILES string of the molecule is C=CC1=CC[C@@]2(Cl)C(=O)C(Cl)=C(Cl)C(=O)[C@@]2(Cl)[C@H]1c1ccc(CO)o1. The topological polar surface area (TPSA) is 67.5 Å². The number of carbonyl (C=O) groups excluding carboxylic acids is 2. The summed E-state index contributed by atoms with van der Waals surface area (Å²) in [6, 6.07) is 3.10. The molecule has 1 heterocycles. The van der Waals surface area contributed by atoms with Gasteiger partial charge in [0.1, 0.15) is 37.9 Å². The molecule has 2 aliphatic rings.